The van der Waals surface area contributed by atoms with Crippen molar-refractivity contribution in [3.63, 3.8) is 0 Å². The molecule has 2 aromatic carbocycles. The highest BCUT2D eigenvalue weighted by Crippen LogP contribution is 2.18. The van der Waals surface area contributed by atoms with E-state index in [4.69, 9.17) is 10.5 Å². The van der Waals surface area contributed by atoms with Crippen molar-refractivity contribution in [3.8, 4) is 0 Å². The number of hydrogen-bond donors (Lipinski definition) is 2. The van der Waals surface area contributed by atoms with Gasteiger partial charge in [-0.05, 0) is 35.7 Å². The van der Waals surface area contributed by atoms with E-state index in [1.54, 1.807) is 18.2 Å². The number of halogens is 1. The highest BCUT2D eigenvalue weighted by molar-refractivity contribution is 5.67. The molecule has 0 aliphatic heterocycles. The van der Waals surface area contributed by atoms with Crippen LogP contribution in [0.2, 0.25) is 0 Å². The number of amides is 1. The second-order valence-electron chi connectivity index (χ2n) is 5.08. The summed E-state index contributed by atoms with van der Waals surface area (Å²) in [5.41, 5.74) is 8.13. The maximum Gasteiger partial charge on any atom is 0.407 e. The SMILES string of the molecule is Cc1cc(N)c(F)cc1C=CCNC(=O)OCc1ccccc1. The van der Waals surface area contributed by atoms with Crippen LogP contribution in [-0.4, -0.2) is 12.6 Å². The third-order valence-electron chi connectivity index (χ3n) is 3.26. The molecule has 1 amide bonds. The Hall–Kier alpha value is -2.82. The van der Waals surface area contributed by atoms with Gasteiger partial charge in [-0.25, -0.2) is 9.18 Å². The molecule has 0 unspecified atom stereocenters. The normalized spacial score (nSPS) is 10.7. The van der Waals surface area contributed by atoms with Crippen LogP contribution in [0.4, 0.5) is 14.9 Å². The highest BCUT2D eigenvalue weighted by atomic mass is 19.1. The van der Waals surface area contributed by atoms with E-state index in [9.17, 15) is 9.18 Å². The van der Waals surface area contributed by atoms with E-state index in [0.29, 0.717) is 6.54 Å². The van der Waals surface area contributed by atoms with Gasteiger partial charge < -0.3 is 15.8 Å². The van der Waals surface area contributed by atoms with Gasteiger partial charge in [-0.3, -0.25) is 0 Å². The summed E-state index contributed by atoms with van der Waals surface area (Å²) in [5.74, 6) is -0.453. The molecule has 0 saturated heterocycles. The number of hydrogen-bond acceptors (Lipinski definition) is 3. The van der Waals surface area contributed by atoms with Gasteiger partial charge >= 0.3 is 6.09 Å². The van der Waals surface area contributed by atoms with Crippen molar-refractivity contribution in [1.82, 2.24) is 5.32 Å². The Kier molecular flexibility index (Phi) is 5.74. The molecule has 2 aromatic rings. The number of nitrogen functional groups attached to an aromatic ring is 1. The van der Waals surface area contributed by atoms with E-state index in [1.807, 2.05) is 37.3 Å². The lowest BCUT2D eigenvalue weighted by atomic mass is 10.1. The van der Waals surface area contributed by atoms with Crippen LogP contribution < -0.4 is 11.1 Å². The van der Waals surface area contributed by atoms with Crippen LogP contribution in [-0.2, 0) is 11.3 Å². The van der Waals surface area contributed by atoms with Crippen molar-refractivity contribution in [2.45, 2.75) is 13.5 Å². The van der Waals surface area contributed by atoms with Crippen molar-refractivity contribution in [1.29, 1.82) is 0 Å². The second kappa shape index (κ2) is 7.98. The van der Waals surface area contributed by atoms with Crippen LogP contribution in [0.25, 0.3) is 6.08 Å². The molecular weight excluding hydrogens is 295 g/mol. The van der Waals surface area contributed by atoms with E-state index < -0.39 is 11.9 Å². The summed E-state index contributed by atoms with van der Waals surface area (Å²) in [4.78, 5) is 11.5. The quantitative estimate of drug-likeness (QED) is 0.828. The zero-order valence-electron chi connectivity index (χ0n) is 12.9. The number of aryl methyl sites for hydroxylation is 1. The van der Waals surface area contributed by atoms with Crippen molar-refractivity contribution in [2.24, 2.45) is 0 Å². The van der Waals surface area contributed by atoms with E-state index in [0.717, 1.165) is 16.7 Å². The van der Waals surface area contributed by atoms with Crippen LogP contribution >= 0.6 is 0 Å². The number of nitrogens with one attached hydrogen (secondary N) is 1. The number of benzene rings is 2. The van der Waals surface area contributed by atoms with Crippen LogP contribution in [0.5, 0.6) is 0 Å². The largest absolute Gasteiger partial charge is 0.445 e. The Balaban J connectivity index is 1.78. The van der Waals surface area contributed by atoms with Gasteiger partial charge in [-0.2, -0.15) is 0 Å². The number of anilines is 1. The molecule has 0 aliphatic carbocycles. The molecule has 0 bridgehead atoms. The number of alkyl carbamates (subject to hydrolysis) is 1. The van der Waals surface area contributed by atoms with Crippen molar-refractivity contribution in [3.05, 3.63) is 71.0 Å². The zero-order chi connectivity index (χ0) is 16.7. The summed E-state index contributed by atoms with van der Waals surface area (Å²) in [6.07, 6.45) is 2.95. The first-order chi connectivity index (χ1) is 11.1. The smallest absolute Gasteiger partial charge is 0.407 e. The molecule has 0 heterocycles. The van der Waals surface area contributed by atoms with Gasteiger partial charge in [0.25, 0.3) is 0 Å². The van der Waals surface area contributed by atoms with Crippen LogP contribution in [0.1, 0.15) is 16.7 Å². The molecule has 0 aliphatic rings. The summed E-state index contributed by atoms with van der Waals surface area (Å²) in [6, 6.07) is 12.4. The average molecular weight is 314 g/mol. The molecule has 2 rings (SSSR count). The molecule has 0 atom stereocenters. The molecule has 0 fully saturated rings. The number of rotatable bonds is 5. The number of carbonyl (C=O) groups is 1. The summed E-state index contributed by atoms with van der Waals surface area (Å²) >= 11 is 0. The van der Waals surface area contributed by atoms with Crippen LogP contribution in [0.3, 0.4) is 0 Å². The van der Waals surface area contributed by atoms with Gasteiger partial charge in [0.2, 0.25) is 0 Å². The summed E-state index contributed by atoms with van der Waals surface area (Å²) in [5, 5.41) is 2.60. The van der Waals surface area contributed by atoms with E-state index >= 15 is 0 Å². The molecule has 0 radical (unpaired) electrons. The van der Waals surface area contributed by atoms with Crippen LogP contribution in [0.15, 0.2) is 48.5 Å². The van der Waals surface area contributed by atoms with Gasteiger partial charge in [0.05, 0.1) is 5.69 Å². The van der Waals surface area contributed by atoms with Gasteiger partial charge in [0, 0.05) is 6.54 Å². The molecule has 0 spiro atoms. The number of ether oxygens (including phenoxy) is 1. The van der Waals surface area contributed by atoms with Crippen LogP contribution in [0, 0.1) is 12.7 Å². The minimum absolute atomic E-state index is 0.127. The van der Waals surface area contributed by atoms with Gasteiger partial charge in [-0.1, -0.05) is 42.5 Å². The first-order valence-electron chi connectivity index (χ1n) is 7.23. The molecule has 5 heteroatoms. The summed E-state index contributed by atoms with van der Waals surface area (Å²) < 4.78 is 18.5. The second-order valence-corrected chi connectivity index (χ2v) is 5.08. The van der Waals surface area contributed by atoms with Crippen molar-refractivity contribution in [2.75, 3.05) is 12.3 Å². The monoisotopic (exact) mass is 314 g/mol. The maximum atomic E-state index is 13.4. The fraction of sp³-hybridized carbons (Fsp3) is 0.167. The first kappa shape index (κ1) is 16.5. The highest BCUT2D eigenvalue weighted by Gasteiger charge is 2.03. The number of carbonyl (C=O) groups excluding carboxylic acids is 1. The lowest BCUT2D eigenvalue weighted by molar-refractivity contribution is 0.141. The standard InChI is InChI=1S/C18H19FN2O2/c1-13-10-17(20)16(19)11-15(13)8-5-9-21-18(22)23-12-14-6-3-2-4-7-14/h2-8,10-11H,9,12,20H2,1H3,(H,21,22). The van der Waals surface area contributed by atoms with Gasteiger partial charge in [0.1, 0.15) is 12.4 Å². The average Bonchev–Trinajstić information content (AvgIpc) is 2.55. The zero-order valence-corrected chi connectivity index (χ0v) is 12.9. The maximum absolute atomic E-state index is 13.4. The van der Waals surface area contributed by atoms with Crippen molar-refractivity contribution >= 4 is 17.9 Å². The molecule has 4 nitrogen and oxygen atoms in total. The lowest BCUT2D eigenvalue weighted by Crippen LogP contribution is -2.24. The summed E-state index contributed by atoms with van der Waals surface area (Å²) in [6.45, 7) is 2.36. The Bertz CT molecular complexity index is 700. The predicted molar refractivity (Wildman–Crippen MR) is 89.2 cm³/mol. The van der Waals surface area contributed by atoms with Gasteiger partial charge in [0.15, 0.2) is 0 Å². The predicted octanol–water partition coefficient (Wildman–Crippen LogP) is 3.66. The molecule has 0 saturated carbocycles. The minimum Gasteiger partial charge on any atom is -0.445 e. The third-order valence-corrected chi connectivity index (χ3v) is 3.26. The Morgan fingerprint density at radius 3 is 2.78 bits per heavy atom. The molecule has 23 heavy (non-hydrogen) atoms. The molecule has 3 N–H and O–H groups in total. The Morgan fingerprint density at radius 2 is 2.04 bits per heavy atom. The molecule has 0 aromatic heterocycles. The Labute approximate surface area is 134 Å². The third kappa shape index (κ3) is 5.14. The lowest BCUT2D eigenvalue weighted by Gasteiger charge is -2.06. The first-order valence-corrected chi connectivity index (χ1v) is 7.23. The van der Waals surface area contributed by atoms with E-state index in [2.05, 4.69) is 5.32 Å². The number of nitrogens with two attached hydrogens (primary N) is 1. The fourth-order valence-electron chi connectivity index (χ4n) is 2.00. The minimum atomic E-state index is -0.501. The fourth-order valence-corrected chi connectivity index (χ4v) is 2.00. The summed E-state index contributed by atoms with van der Waals surface area (Å²) in [7, 11) is 0. The van der Waals surface area contributed by atoms with Gasteiger partial charge in [-0.15, -0.1) is 0 Å². The topological polar surface area (TPSA) is 64.3 Å². The van der Waals surface area contributed by atoms with E-state index in [-0.39, 0.29) is 12.3 Å². The van der Waals surface area contributed by atoms with E-state index in [1.165, 1.54) is 6.07 Å². The molecular formula is C18H19FN2O2. The van der Waals surface area contributed by atoms with Crippen molar-refractivity contribution < 1.29 is 13.9 Å². The Morgan fingerprint density at radius 1 is 1.30 bits per heavy atom. The molecule has 120 valence electrons.